The van der Waals surface area contributed by atoms with Gasteiger partial charge in [-0.25, -0.2) is 9.78 Å². The summed E-state index contributed by atoms with van der Waals surface area (Å²) in [6, 6.07) is 5.27. The van der Waals surface area contributed by atoms with Crippen LogP contribution in [0.25, 0.3) is 11.4 Å². The Morgan fingerprint density at radius 2 is 2.17 bits per heavy atom. The van der Waals surface area contributed by atoms with Crippen LogP contribution in [0.1, 0.15) is 19.8 Å². The number of carbonyl (C=O) groups excluding carboxylic acids is 2. The van der Waals surface area contributed by atoms with Crippen LogP contribution in [0.3, 0.4) is 0 Å². The third-order valence-electron chi connectivity index (χ3n) is 5.63. The molecule has 1 saturated carbocycles. The second kappa shape index (κ2) is 6.68. The molecule has 29 heavy (non-hydrogen) atoms. The molecule has 1 aromatic carbocycles. The molecule has 2 aromatic rings. The van der Waals surface area contributed by atoms with Crippen molar-refractivity contribution in [1.82, 2.24) is 9.55 Å². The molecule has 1 saturated heterocycles. The molecule has 3 aliphatic rings. The number of imidazole rings is 1. The van der Waals surface area contributed by atoms with Crippen molar-refractivity contribution in [3.05, 3.63) is 24.4 Å². The van der Waals surface area contributed by atoms with E-state index in [2.05, 4.69) is 5.32 Å². The van der Waals surface area contributed by atoms with Crippen molar-refractivity contribution in [2.75, 3.05) is 23.4 Å². The zero-order valence-electron chi connectivity index (χ0n) is 16.1. The van der Waals surface area contributed by atoms with Gasteiger partial charge in [-0.3, -0.25) is 9.69 Å². The summed E-state index contributed by atoms with van der Waals surface area (Å²) in [5.41, 5.74) is 7.17. The monoisotopic (exact) mass is 397 g/mol. The number of hydrogen-bond donors (Lipinski definition) is 2. The van der Waals surface area contributed by atoms with Gasteiger partial charge < -0.3 is 25.1 Å². The van der Waals surface area contributed by atoms with Crippen molar-refractivity contribution >= 4 is 23.5 Å². The summed E-state index contributed by atoms with van der Waals surface area (Å²) < 4.78 is 13.0. The first-order valence-electron chi connectivity index (χ1n) is 9.87. The molecule has 0 radical (unpaired) electrons. The average molecular weight is 397 g/mol. The molecule has 0 bridgehead atoms. The first-order valence-corrected chi connectivity index (χ1v) is 9.87. The Balaban J connectivity index is 1.46. The molecule has 1 aliphatic carbocycles. The summed E-state index contributed by atoms with van der Waals surface area (Å²) in [4.78, 5) is 30.1. The van der Waals surface area contributed by atoms with Crippen LogP contribution in [-0.2, 0) is 16.1 Å². The smallest absolute Gasteiger partial charge is 0.415 e. The maximum Gasteiger partial charge on any atom is 0.415 e. The molecule has 152 valence electrons. The van der Waals surface area contributed by atoms with Crippen LogP contribution >= 0.6 is 0 Å². The van der Waals surface area contributed by atoms with E-state index in [0.29, 0.717) is 37.2 Å². The molecule has 2 atom stereocenters. The van der Waals surface area contributed by atoms with Gasteiger partial charge in [-0.05, 0) is 37.8 Å². The number of hydrogen-bond acceptors (Lipinski definition) is 6. The quantitative estimate of drug-likeness (QED) is 0.798. The Bertz CT molecular complexity index is 983. The lowest BCUT2D eigenvalue weighted by atomic mass is 10.1. The Morgan fingerprint density at radius 3 is 2.86 bits per heavy atom. The fourth-order valence-electron chi connectivity index (χ4n) is 3.94. The summed E-state index contributed by atoms with van der Waals surface area (Å²) in [7, 11) is 0. The van der Waals surface area contributed by atoms with Gasteiger partial charge in [0.2, 0.25) is 5.91 Å². The van der Waals surface area contributed by atoms with Crippen molar-refractivity contribution in [2.24, 2.45) is 11.7 Å². The SMILES string of the molecule is C[C@@H]1COC(=O)N1c1cn2c(n1)-c1ccc(N[C@@H](C(N)=O)C3CC3)cc1OCC2. The van der Waals surface area contributed by atoms with E-state index in [1.807, 2.05) is 35.9 Å². The number of carbonyl (C=O) groups is 2. The van der Waals surface area contributed by atoms with Crippen LogP contribution in [0.2, 0.25) is 0 Å². The second-order valence-corrected chi connectivity index (χ2v) is 7.83. The molecule has 9 nitrogen and oxygen atoms in total. The van der Waals surface area contributed by atoms with Gasteiger partial charge >= 0.3 is 6.09 Å². The largest absolute Gasteiger partial charge is 0.491 e. The fraction of sp³-hybridized carbons (Fsp3) is 0.450. The van der Waals surface area contributed by atoms with Crippen molar-refractivity contribution < 1.29 is 19.1 Å². The molecule has 2 fully saturated rings. The van der Waals surface area contributed by atoms with Gasteiger partial charge in [0.25, 0.3) is 0 Å². The van der Waals surface area contributed by atoms with Crippen LogP contribution in [0, 0.1) is 5.92 Å². The van der Waals surface area contributed by atoms with E-state index in [4.69, 9.17) is 20.2 Å². The summed E-state index contributed by atoms with van der Waals surface area (Å²) in [5.74, 6) is 1.96. The average Bonchev–Trinajstić information content (AvgIpc) is 3.40. The van der Waals surface area contributed by atoms with Gasteiger partial charge in [0.1, 0.15) is 30.8 Å². The van der Waals surface area contributed by atoms with E-state index in [-0.39, 0.29) is 24.1 Å². The Kier molecular flexibility index (Phi) is 4.11. The van der Waals surface area contributed by atoms with E-state index in [1.54, 1.807) is 4.90 Å². The lowest BCUT2D eigenvalue weighted by Gasteiger charge is -2.17. The number of fused-ring (bicyclic) bond motifs is 3. The van der Waals surface area contributed by atoms with Gasteiger partial charge in [0.15, 0.2) is 5.82 Å². The summed E-state index contributed by atoms with van der Waals surface area (Å²) in [6.45, 7) is 3.38. The molecule has 9 heteroatoms. The number of benzene rings is 1. The zero-order chi connectivity index (χ0) is 20.1. The molecular formula is C20H23N5O4. The summed E-state index contributed by atoms with van der Waals surface area (Å²) >= 11 is 0. The maximum absolute atomic E-state index is 12.1. The zero-order valence-corrected chi connectivity index (χ0v) is 16.1. The van der Waals surface area contributed by atoms with Crippen molar-refractivity contribution in [1.29, 1.82) is 0 Å². The van der Waals surface area contributed by atoms with Crippen LogP contribution in [0.15, 0.2) is 24.4 Å². The van der Waals surface area contributed by atoms with Crippen molar-refractivity contribution in [2.45, 2.75) is 38.4 Å². The number of amides is 2. The highest BCUT2D eigenvalue weighted by atomic mass is 16.6. The lowest BCUT2D eigenvalue weighted by Crippen LogP contribution is -2.37. The summed E-state index contributed by atoms with van der Waals surface area (Å²) in [5, 5.41) is 3.25. The number of nitrogens with zero attached hydrogens (tertiary/aromatic N) is 3. The minimum Gasteiger partial charge on any atom is -0.491 e. The molecule has 3 N–H and O–H groups in total. The van der Waals surface area contributed by atoms with Crippen molar-refractivity contribution in [3.8, 4) is 17.1 Å². The molecule has 5 rings (SSSR count). The van der Waals surface area contributed by atoms with E-state index < -0.39 is 0 Å². The highest BCUT2D eigenvalue weighted by molar-refractivity contribution is 5.89. The number of nitrogens with two attached hydrogens (primary N) is 1. The number of primary amides is 1. The van der Waals surface area contributed by atoms with Gasteiger partial charge in [0.05, 0.1) is 18.2 Å². The highest BCUT2D eigenvalue weighted by Crippen LogP contribution is 2.38. The van der Waals surface area contributed by atoms with E-state index >= 15 is 0 Å². The van der Waals surface area contributed by atoms with Gasteiger partial charge in [0, 0.05) is 18.0 Å². The second-order valence-electron chi connectivity index (χ2n) is 7.83. The number of ether oxygens (including phenoxy) is 2. The minimum absolute atomic E-state index is 0.0582. The van der Waals surface area contributed by atoms with E-state index in [1.165, 1.54) is 0 Å². The van der Waals surface area contributed by atoms with Crippen LogP contribution in [0.4, 0.5) is 16.3 Å². The molecular weight excluding hydrogens is 374 g/mol. The summed E-state index contributed by atoms with van der Waals surface area (Å²) in [6.07, 6.45) is 3.51. The number of anilines is 2. The Morgan fingerprint density at radius 1 is 1.34 bits per heavy atom. The predicted octanol–water partition coefficient (Wildman–Crippen LogP) is 1.96. The minimum atomic E-state index is -0.376. The molecule has 3 heterocycles. The van der Waals surface area contributed by atoms with Gasteiger partial charge in [-0.2, -0.15) is 0 Å². The number of cyclic esters (lactones) is 1. The molecule has 2 amide bonds. The number of rotatable bonds is 5. The first-order chi connectivity index (χ1) is 14.0. The Labute approximate surface area is 167 Å². The maximum atomic E-state index is 12.1. The third-order valence-corrected chi connectivity index (χ3v) is 5.63. The van der Waals surface area contributed by atoms with Crippen LogP contribution in [0.5, 0.6) is 5.75 Å². The van der Waals surface area contributed by atoms with Gasteiger partial charge in [-0.1, -0.05) is 0 Å². The third kappa shape index (κ3) is 3.16. The topological polar surface area (TPSA) is 112 Å². The van der Waals surface area contributed by atoms with Crippen LogP contribution < -0.4 is 20.7 Å². The number of nitrogens with one attached hydrogen (secondary N) is 1. The standard InChI is InChI=1S/C20H23N5O4/c1-11-10-29-20(27)25(11)16-9-24-6-7-28-15-8-13(4-5-14(15)19(24)23-16)22-17(18(21)26)12-2-3-12/h4-5,8-9,11-12,17,22H,2-3,6-7,10H2,1H3,(H2,21,26)/t11-,17-/m1/s1. The predicted molar refractivity (Wildman–Crippen MR) is 106 cm³/mol. The molecule has 0 unspecified atom stereocenters. The Hall–Kier alpha value is -3.23. The molecule has 0 spiro atoms. The van der Waals surface area contributed by atoms with Crippen molar-refractivity contribution in [3.63, 3.8) is 0 Å². The first kappa shape index (κ1) is 17.8. The fourth-order valence-corrected chi connectivity index (χ4v) is 3.94. The van der Waals surface area contributed by atoms with E-state index in [0.717, 1.165) is 29.9 Å². The lowest BCUT2D eigenvalue weighted by molar-refractivity contribution is -0.119. The molecule has 1 aromatic heterocycles. The van der Waals surface area contributed by atoms with Gasteiger partial charge in [-0.15, -0.1) is 0 Å². The van der Waals surface area contributed by atoms with Crippen LogP contribution in [-0.4, -0.2) is 46.8 Å². The normalized spacial score (nSPS) is 21.5. The highest BCUT2D eigenvalue weighted by Gasteiger charge is 2.36. The van der Waals surface area contributed by atoms with E-state index in [9.17, 15) is 9.59 Å². The number of aromatic nitrogens is 2. The molecule has 2 aliphatic heterocycles.